The van der Waals surface area contributed by atoms with Gasteiger partial charge in [0.1, 0.15) is 5.82 Å². The lowest BCUT2D eigenvalue weighted by molar-refractivity contribution is 0.0957. The Kier molecular flexibility index (Phi) is 4.90. The lowest BCUT2D eigenvalue weighted by Crippen LogP contribution is -2.28. The molecule has 30 heavy (non-hydrogen) atoms. The van der Waals surface area contributed by atoms with Crippen LogP contribution in [0.25, 0.3) is 11.3 Å². The highest BCUT2D eigenvalue weighted by Gasteiger charge is 2.35. The van der Waals surface area contributed by atoms with Gasteiger partial charge in [-0.3, -0.25) is 9.48 Å². The average Bonchev–Trinajstić information content (AvgIpc) is 3.28. The lowest BCUT2D eigenvalue weighted by atomic mass is 9.83. The van der Waals surface area contributed by atoms with Crippen molar-refractivity contribution < 1.29 is 9.90 Å². The molecule has 0 saturated heterocycles. The second-order valence-electron chi connectivity index (χ2n) is 7.80. The van der Waals surface area contributed by atoms with Crippen LogP contribution < -0.4 is 16.0 Å². The van der Waals surface area contributed by atoms with Crippen LogP contribution in [0.1, 0.15) is 28.5 Å². The van der Waals surface area contributed by atoms with Gasteiger partial charge in [0.15, 0.2) is 5.69 Å². The summed E-state index contributed by atoms with van der Waals surface area (Å²) in [6.45, 7) is 4.87. The van der Waals surface area contributed by atoms with Crippen molar-refractivity contribution in [2.45, 2.75) is 19.3 Å². The minimum absolute atomic E-state index is 0.0701. The number of nitrogens with one attached hydrogen (secondary N) is 3. The first kappa shape index (κ1) is 19.8. The van der Waals surface area contributed by atoms with Crippen molar-refractivity contribution in [3.8, 4) is 11.3 Å². The number of amides is 1. The van der Waals surface area contributed by atoms with E-state index in [2.05, 4.69) is 57.0 Å². The zero-order valence-electron chi connectivity index (χ0n) is 17.4. The highest BCUT2D eigenvalue weighted by molar-refractivity contribution is 5.93. The molecule has 0 unspecified atom stereocenters. The number of aryl methyl sites for hydroxylation is 2. The molecule has 1 atom stereocenters. The maximum atomic E-state index is 11.8. The fraction of sp³-hybridized carbons (Fsp3) is 0.333. The normalized spacial score (nSPS) is 17.4. The predicted molar refractivity (Wildman–Crippen MR) is 115 cm³/mol. The molecule has 3 heterocycles. The summed E-state index contributed by atoms with van der Waals surface area (Å²) in [5.74, 6) is 0.746. The van der Waals surface area contributed by atoms with Crippen molar-refractivity contribution in [3.63, 3.8) is 0 Å². The van der Waals surface area contributed by atoms with Crippen molar-refractivity contribution >= 4 is 23.4 Å². The largest absolute Gasteiger partial charge is 0.395 e. The summed E-state index contributed by atoms with van der Waals surface area (Å²) >= 11 is 0. The Hall–Kier alpha value is -3.46. The van der Waals surface area contributed by atoms with Crippen LogP contribution in [0.5, 0.6) is 0 Å². The summed E-state index contributed by atoms with van der Waals surface area (Å²) in [6, 6.07) is 7.66. The smallest absolute Gasteiger partial charge is 0.271 e. The number of aromatic nitrogens is 4. The van der Waals surface area contributed by atoms with Crippen LogP contribution in [-0.2, 0) is 12.5 Å². The van der Waals surface area contributed by atoms with Crippen LogP contribution in [0.3, 0.4) is 0 Å². The first-order valence-electron chi connectivity index (χ1n) is 9.71. The topological polar surface area (TPSA) is 117 Å². The summed E-state index contributed by atoms with van der Waals surface area (Å²) < 4.78 is 1.57. The van der Waals surface area contributed by atoms with Crippen LogP contribution in [0.2, 0.25) is 0 Å². The molecule has 156 valence electrons. The number of rotatable bonds is 5. The molecule has 9 nitrogen and oxygen atoms in total. The second kappa shape index (κ2) is 7.42. The van der Waals surface area contributed by atoms with Gasteiger partial charge in [0, 0.05) is 49.6 Å². The van der Waals surface area contributed by atoms with E-state index in [1.54, 1.807) is 31.0 Å². The zero-order chi connectivity index (χ0) is 21.5. The van der Waals surface area contributed by atoms with Crippen molar-refractivity contribution in [2.75, 3.05) is 30.8 Å². The molecule has 0 bridgehead atoms. The van der Waals surface area contributed by atoms with E-state index in [-0.39, 0.29) is 17.9 Å². The van der Waals surface area contributed by atoms with Gasteiger partial charge in [-0.05, 0) is 36.2 Å². The fourth-order valence-corrected chi connectivity index (χ4v) is 3.68. The van der Waals surface area contributed by atoms with Gasteiger partial charge >= 0.3 is 0 Å². The monoisotopic (exact) mass is 407 g/mol. The number of aliphatic hydroxyl groups is 1. The molecule has 1 amide bonds. The molecule has 0 fully saturated rings. The maximum absolute atomic E-state index is 11.8. The molecule has 3 aromatic rings. The molecule has 0 aliphatic carbocycles. The van der Waals surface area contributed by atoms with Crippen LogP contribution in [0.15, 0.2) is 30.5 Å². The SMILES string of the molecule is CNC(=O)c1cc(Nc2nccc(-c3cc(C)c4c(c3)[C@@](C)(CO)CN4)n2)n(C)n1. The zero-order valence-corrected chi connectivity index (χ0v) is 17.4. The minimum Gasteiger partial charge on any atom is -0.395 e. The lowest BCUT2D eigenvalue weighted by Gasteiger charge is -2.21. The predicted octanol–water partition coefficient (Wildman–Crippen LogP) is 1.96. The number of hydrogen-bond acceptors (Lipinski definition) is 7. The Balaban J connectivity index is 1.67. The summed E-state index contributed by atoms with van der Waals surface area (Å²) in [5.41, 5.74) is 4.98. The standard InChI is InChI=1S/C21H25N7O2/c1-12-7-13(8-14-18(12)24-10-21(14,2)11-29)15-5-6-23-20(25-15)26-17-9-16(19(30)22-3)27-28(17)4/h5-9,24,29H,10-11H2,1-4H3,(H,22,30)(H,23,25,26)/t21-/m1/s1. The Bertz CT molecular complexity index is 1120. The van der Waals surface area contributed by atoms with E-state index in [0.29, 0.717) is 24.0 Å². The van der Waals surface area contributed by atoms with Crippen molar-refractivity contribution in [1.82, 2.24) is 25.1 Å². The number of benzene rings is 1. The molecular formula is C21H25N7O2. The molecule has 4 N–H and O–H groups in total. The van der Waals surface area contributed by atoms with Gasteiger partial charge < -0.3 is 21.1 Å². The number of fused-ring (bicyclic) bond motifs is 1. The van der Waals surface area contributed by atoms with Gasteiger partial charge in [-0.25, -0.2) is 9.97 Å². The van der Waals surface area contributed by atoms with Gasteiger partial charge in [-0.2, -0.15) is 5.10 Å². The molecule has 0 radical (unpaired) electrons. The van der Waals surface area contributed by atoms with Crippen molar-refractivity contribution in [1.29, 1.82) is 0 Å². The Morgan fingerprint density at radius 2 is 2.17 bits per heavy atom. The third kappa shape index (κ3) is 3.37. The second-order valence-corrected chi connectivity index (χ2v) is 7.80. The Morgan fingerprint density at radius 3 is 2.90 bits per heavy atom. The number of carbonyl (C=O) groups excluding carboxylic acids is 1. The van der Waals surface area contributed by atoms with E-state index in [9.17, 15) is 9.90 Å². The minimum atomic E-state index is -0.324. The fourth-order valence-electron chi connectivity index (χ4n) is 3.68. The van der Waals surface area contributed by atoms with Gasteiger partial charge in [0.25, 0.3) is 5.91 Å². The molecular weight excluding hydrogens is 382 g/mol. The number of anilines is 3. The highest BCUT2D eigenvalue weighted by Crippen LogP contribution is 2.40. The van der Waals surface area contributed by atoms with Crippen LogP contribution in [0, 0.1) is 6.92 Å². The van der Waals surface area contributed by atoms with Crippen LogP contribution in [-0.4, -0.2) is 51.0 Å². The van der Waals surface area contributed by atoms with Crippen LogP contribution in [0.4, 0.5) is 17.5 Å². The van der Waals surface area contributed by atoms with E-state index >= 15 is 0 Å². The molecule has 2 aromatic heterocycles. The number of hydrogen-bond donors (Lipinski definition) is 4. The summed E-state index contributed by atoms with van der Waals surface area (Å²) in [7, 11) is 3.30. The first-order chi connectivity index (χ1) is 14.3. The van der Waals surface area contributed by atoms with Gasteiger partial charge in [0.05, 0.1) is 12.3 Å². The van der Waals surface area contributed by atoms with Gasteiger partial charge in [-0.1, -0.05) is 6.92 Å². The highest BCUT2D eigenvalue weighted by atomic mass is 16.3. The molecule has 0 spiro atoms. The van der Waals surface area contributed by atoms with Crippen molar-refractivity contribution in [3.05, 3.63) is 47.3 Å². The third-order valence-corrected chi connectivity index (χ3v) is 5.52. The molecule has 0 saturated carbocycles. The van der Waals surface area contributed by atoms with E-state index in [4.69, 9.17) is 0 Å². The van der Waals surface area contributed by atoms with E-state index in [1.165, 1.54) is 0 Å². The Labute approximate surface area is 174 Å². The molecule has 4 rings (SSSR count). The van der Waals surface area contributed by atoms with Gasteiger partial charge in [-0.15, -0.1) is 0 Å². The summed E-state index contributed by atoms with van der Waals surface area (Å²) in [6.07, 6.45) is 1.69. The first-order valence-corrected chi connectivity index (χ1v) is 9.71. The van der Waals surface area contributed by atoms with Crippen molar-refractivity contribution in [2.24, 2.45) is 7.05 Å². The van der Waals surface area contributed by atoms with E-state index < -0.39 is 0 Å². The summed E-state index contributed by atoms with van der Waals surface area (Å²) in [5, 5.41) is 23.2. The summed E-state index contributed by atoms with van der Waals surface area (Å²) in [4.78, 5) is 20.7. The maximum Gasteiger partial charge on any atom is 0.271 e. The van der Waals surface area contributed by atoms with E-state index in [1.807, 2.05) is 6.07 Å². The molecule has 1 aliphatic heterocycles. The molecule has 1 aliphatic rings. The number of nitrogens with zero attached hydrogens (tertiary/aromatic N) is 4. The number of carbonyl (C=O) groups is 1. The third-order valence-electron chi connectivity index (χ3n) is 5.52. The average molecular weight is 407 g/mol. The van der Waals surface area contributed by atoms with Crippen LogP contribution >= 0.6 is 0 Å². The Morgan fingerprint density at radius 1 is 1.37 bits per heavy atom. The molecule has 1 aromatic carbocycles. The van der Waals surface area contributed by atoms with E-state index in [0.717, 1.165) is 28.1 Å². The van der Waals surface area contributed by atoms with Gasteiger partial charge in [0.2, 0.25) is 5.95 Å². The number of aliphatic hydroxyl groups excluding tert-OH is 1. The molecule has 9 heteroatoms. The quantitative estimate of drug-likeness (QED) is 0.511.